The Morgan fingerprint density at radius 1 is 1.53 bits per heavy atom. The van der Waals surface area contributed by atoms with E-state index in [0.29, 0.717) is 5.69 Å². The van der Waals surface area contributed by atoms with Crippen molar-refractivity contribution in [3.05, 3.63) is 24.0 Å². The molecule has 0 unspecified atom stereocenters. The Hall–Kier alpha value is -1.55. The number of aromatic nitrogens is 2. The van der Waals surface area contributed by atoms with E-state index in [4.69, 9.17) is 5.73 Å². The number of nitrogens with zero attached hydrogens (tertiary/aromatic N) is 2. The van der Waals surface area contributed by atoms with Gasteiger partial charge in [0.1, 0.15) is 5.82 Å². The van der Waals surface area contributed by atoms with Crippen molar-refractivity contribution in [3.63, 3.8) is 0 Å². The molecular weight excluding hydrogens is 190 g/mol. The SMILES string of the molecule is Cc1nc2cc(N)ccc2n1[C@H](C)CO. The summed E-state index contributed by atoms with van der Waals surface area (Å²) < 4.78 is 2.02. The Kier molecular flexibility index (Phi) is 2.36. The number of aliphatic hydroxyl groups is 1. The van der Waals surface area contributed by atoms with Crippen LogP contribution in [-0.2, 0) is 0 Å². The van der Waals surface area contributed by atoms with Gasteiger partial charge in [-0.2, -0.15) is 0 Å². The topological polar surface area (TPSA) is 64.1 Å². The molecule has 0 spiro atoms. The molecule has 0 radical (unpaired) electrons. The maximum absolute atomic E-state index is 9.17. The number of benzene rings is 1. The van der Waals surface area contributed by atoms with E-state index < -0.39 is 0 Å². The van der Waals surface area contributed by atoms with Crippen LogP contribution in [0.3, 0.4) is 0 Å². The maximum Gasteiger partial charge on any atom is 0.107 e. The maximum atomic E-state index is 9.17. The normalized spacial score (nSPS) is 13.3. The van der Waals surface area contributed by atoms with Gasteiger partial charge in [0.2, 0.25) is 0 Å². The molecule has 4 heteroatoms. The molecule has 1 aromatic carbocycles. The van der Waals surface area contributed by atoms with Gasteiger partial charge in [0.15, 0.2) is 0 Å². The van der Waals surface area contributed by atoms with E-state index >= 15 is 0 Å². The molecule has 0 saturated carbocycles. The molecule has 0 amide bonds. The van der Waals surface area contributed by atoms with E-state index in [2.05, 4.69) is 4.98 Å². The summed E-state index contributed by atoms with van der Waals surface area (Å²) >= 11 is 0. The summed E-state index contributed by atoms with van der Waals surface area (Å²) in [6, 6.07) is 5.68. The van der Waals surface area contributed by atoms with Gasteiger partial charge < -0.3 is 15.4 Å². The number of aryl methyl sites for hydroxylation is 1. The summed E-state index contributed by atoms with van der Waals surface area (Å²) in [6.07, 6.45) is 0. The molecule has 0 aliphatic heterocycles. The number of rotatable bonds is 2. The minimum atomic E-state index is 0.0404. The second kappa shape index (κ2) is 3.55. The molecule has 0 aliphatic rings. The predicted molar refractivity (Wildman–Crippen MR) is 60.7 cm³/mol. The molecule has 0 saturated heterocycles. The van der Waals surface area contributed by atoms with Gasteiger partial charge >= 0.3 is 0 Å². The van der Waals surface area contributed by atoms with E-state index in [-0.39, 0.29) is 12.6 Å². The van der Waals surface area contributed by atoms with Crippen molar-refractivity contribution in [2.75, 3.05) is 12.3 Å². The molecule has 2 rings (SSSR count). The third-order valence-corrected chi connectivity index (χ3v) is 2.59. The van der Waals surface area contributed by atoms with Crippen LogP contribution in [0.2, 0.25) is 0 Å². The van der Waals surface area contributed by atoms with Gasteiger partial charge in [-0.25, -0.2) is 4.98 Å². The highest BCUT2D eigenvalue weighted by atomic mass is 16.3. The lowest BCUT2D eigenvalue weighted by Gasteiger charge is -2.13. The minimum Gasteiger partial charge on any atom is -0.399 e. The monoisotopic (exact) mass is 205 g/mol. The summed E-state index contributed by atoms with van der Waals surface area (Å²) in [4.78, 5) is 4.41. The van der Waals surface area contributed by atoms with Crippen LogP contribution in [0.1, 0.15) is 18.8 Å². The third kappa shape index (κ3) is 1.57. The number of fused-ring (bicyclic) bond motifs is 1. The second-order valence-electron chi connectivity index (χ2n) is 3.81. The number of anilines is 1. The Morgan fingerprint density at radius 3 is 2.93 bits per heavy atom. The van der Waals surface area contributed by atoms with Gasteiger partial charge in [-0.1, -0.05) is 0 Å². The Morgan fingerprint density at radius 2 is 2.27 bits per heavy atom. The fourth-order valence-electron chi connectivity index (χ4n) is 1.87. The summed E-state index contributed by atoms with van der Waals surface area (Å²) in [7, 11) is 0. The highest BCUT2D eigenvalue weighted by molar-refractivity contribution is 5.79. The van der Waals surface area contributed by atoms with Crippen molar-refractivity contribution in [2.45, 2.75) is 19.9 Å². The molecule has 0 fully saturated rings. The molecule has 1 atom stereocenters. The van der Waals surface area contributed by atoms with Crippen LogP contribution in [-0.4, -0.2) is 21.3 Å². The van der Waals surface area contributed by atoms with E-state index in [1.54, 1.807) is 0 Å². The van der Waals surface area contributed by atoms with E-state index in [0.717, 1.165) is 16.9 Å². The minimum absolute atomic E-state index is 0.0404. The lowest BCUT2D eigenvalue weighted by atomic mass is 10.2. The van der Waals surface area contributed by atoms with Gasteiger partial charge in [0.25, 0.3) is 0 Å². The molecular formula is C11H15N3O. The van der Waals surface area contributed by atoms with Crippen LogP contribution >= 0.6 is 0 Å². The fourth-order valence-corrected chi connectivity index (χ4v) is 1.87. The average molecular weight is 205 g/mol. The first-order valence-electron chi connectivity index (χ1n) is 4.98. The number of hydrogen-bond acceptors (Lipinski definition) is 3. The first-order valence-corrected chi connectivity index (χ1v) is 4.98. The molecule has 0 aliphatic carbocycles. The summed E-state index contributed by atoms with van der Waals surface area (Å²) in [5.74, 6) is 0.900. The Labute approximate surface area is 88.3 Å². The third-order valence-electron chi connectivity index (χ3n) is 2.59. The molecule has 3 N–H and O–H groups in total. The van der Waals surface area contributed by atoms with Crippen LogP contribution in [0, 0.1) is 6.92 Å². The lowest BCUT2D eigenvalue weighted by molar-refractivity contribution is 0.239. The summed E-state index contributed by atoms with van der Waals surface area (Å²) in [6.45, 7) is 4.00. The van der Waals surface area contributed by atoms with Crippen molar-refractivity contribution < 1.29 is 5.11 Å². The zero-order valence-corrected chi connectivity index (χ0v) is 8.94. The number of nitrogens with two attached hydrogens (primary N) is 1. The fraction of sp³-hybridized carbons (Fsp3) is 0.364. The zero-order valence-electron chi connectivity index (χ0n) is 8.94. The predicted octanol–water partition coefficient (Wildman–Crippen LogP) is 1.48. The number of aliphatic hydroxyl groups excluding tert-OH is 1. The standard InChI is InChI=1S/C11H15N3O/c1-7(6-15)14-8(2)13-10-5-9(12)3-4-11(10)14/h3-5,7,15H,6,12H2,1-2H3/t7-/m1/s1. The van der Waals surface area contributed by atoms with Gasteiger partial charge in [-0.3, -0.25) is 0 Å². The number of imidazole rings is 1. The Bertz CT molecular complexity index is 490. The van der Waals surface area contributed by atoms with Crippen molar-refractivity contribution >= 4 is 16.7 Å². The van der Waals surface area contributed by atoms with E-state index in [1.807, 2.05) is 36.6 Å². The van der Waals surface area contributed by atoms with Crippen LogP contribution in [0.15, 0.2) is 18.2 Å². The highest BCUT2D eigenvalue weighted by Crippen LogP contribution is 2.22. The highest BCUT2D eigenvalue weighted by Gasteiger charge is 2.12. The first-order chi connectivity index (χ1) is 7.13. The van der Waals surface area contributed by atoms with Gasteiger partial charge in [0, 0.05) is 5.69 Å². The van der Waals surface area contributed by atoms with Crippen LogP contribution in [0.4, 0.5) is 5.69 Å². The summed E-state index contributed by atoms with van der Waals surface area (Å²) in [5, 5.41) is 9.17. The zero-order chi connectivity index (χ0) is 11.0. The van der Waals surface area contributed by atoms with Gasteiger partial charge in [-0.15, -0.1) is 0 Å². The lowest BCUT2D eigenvalue weighted by Crippen LogP contribution is -2.10. The molecule has 15 heavy (non-hydrogen) atoms. The van der Waals surface area contributed by atoms with Crippen LogP contribution < -0.4 is 5.73 Å². The van der Waals surface area contributed by atoms with Gasteiger partial charge in [-0.05, 0) is 32.0 Å². The average Bonchev–Trinajstić information content (AvgIpc) is 2.52. The van der Waals surface area contributed by atoms with Crippen molar-refractivity contribution in [1.29, 1.82) is 0 Å². The summed E-state index contributed by atoms with van der Waals surface area (Å²) in [5.41, 5.74) is 8.30. The molecule has 80 valence electrons. The van der Waals surface area contributed by atoms with E-state index in [1.165, 1.54) is 0 Å². The van der Waals surface area contributed by atoms with Crippen LogP contribution in [0.5, 0.6) is 0 Å². The van der Waals surface area contributed by atoms with E-state index in [9.17, 15) is 5.11 Å². The van der Waals surface area contributed by atoms with Crippen molar-refractivity contribution in [3.8, 4) is 0 Å². The molecule has 1 aromatic heterocycles. The quantitative estimate of drug-likeness (QED) is 0.730. The number of hydrogen-bond donors (Lipinski definition) is 2. The smallest absolute Gasteiger partial charge is 0.107 e. The molecule has 1 heterocycles. The number of nitrogen functional groups attached to an aromatic ring is 1. The molecule has 2 aromatic rings. The van der Waals surface area contributed by atoms with Crippen molar-refractivity contribution in [1.82, 2.24) is 9.55 Å². The van der Waals surface area contributed by atoms with Crippen molar-refractivity contribution in [2.24, 2.45) is 0 Å². The van der Waals surface area contributed by atoms with Crippen LogP contribution in [0.25, 0.3) is 11.0 Å². The largest absolute Gasteiger partial charge is 0.399 e. The second-order valence-corrected chi connectivity index (χ2v) is 3.81. The van der Waals surface area contributed by atoms with Gasteiger partial charge in [0.05, 0.1) is 23.7 Å². The molecule has 4 nitrogen and oxygen atoms in total. The molecule has 0 bridgehead atoms. The Balaban J connectivity index is 2.68. The first kappa shape index (κ1) is 9.98.